The van der Waals surface area contributed by atoms with Gasteiger partial charge in [-0.1, -0.05) is 41.7 Å². The Morgan fingerprint density at radius 2 is 1.90 bits per heavy atom. The van der Waals surface area contributed by atoms with Crippen molar-refractivity contribution in [3.63, 3.8) is 0 Å². The van der Waals surface area contributed by atoms with Gasteiger partial charge in [0, 0.05) is 25.6 Å². The summed E-state index contributed by atoms with van der Waals surface area (Å²) in [6.07, 6.45) is 6.47. The number of carbonyl (C=O) groups excluding carboxylic acids is 1. The van der Waals surface area contributed by atoms with Gasteiger partial charge in [0.2, 0.25) is 5.13 Å². The molecule has 0 aliphatic heterocycles. The van der Waals surface area contributed by atoms with E-state index in [1.54, 1.807) is 6.20 Å². The van der Waals surface area contributed by atoms with Gasteiger partial charge in [0.1, 0.15) is 5.01 Å². The molecule has 1 N–H and O–H groups in total. The summed E-state index contributed by atoms with van der Waals surface area (Å²) < 4.78 is 5.38. The molecule has 1 saturated carbocycles. The van der Waals surface area contributed by atoms with Crippen LogP contribution in [0.5, 0.6) is 0 Å². The molecule has 8 heteroatoms. The smallest absolute Gasteiger partial charge is 0.259 e. The molecule has 0 spiro atoms. The first-order chi connectivity index (χ1) is 14.7. The number of ether oxygens (including phenoxy) is 1. The summed E-state index contributed by atoms with van der Waals surface area (Å²) in [5, 5.41) is 21.0. The molecule has 1 fully saturated rings. The van der Waals surface area contributed by atoms with Crippen LogP contribution in [0.3, 0.4) is 0 Å². The van der Waals surface area contributed by atoms with Crippen molar-refractivity contribution in [3.8, 4) is 0 Å². The lowest BCUT2D eigenvalue weighted by Gasteiger charge is -2.27. The van der Waals surface area contributed by atoms with Gasteiger partial charge in [-0.2, -0.15) is 10.2 Å². The minimum absolute atomic E-state index is 0.240. The van der Waals surface area contributed by atoms with Crippen LogP contribution in [0.2, 0.25) is 0 Å². The van der Waals surface area contributed by atoms with Gasteiger partial charge in [0.15, 0.2) is 6.10 Å². The number of aromatic nitrogens is 4. The van der Waals surface area contributed by atoms with Crippen molar-refractivity contribution in [1.29, 1.82) is 0 Å². The molecule has 3 aromatic rings. The van der Waals surface area contributed by atoms with E-state index in [1.165, 1.54) is 18.4 Å². The molecule has 4 rings (SSSR count). The third-order valence-corrected chi connectivity index (χ3v) is 6.46. The standard InChI is InChI=1S/C22H25N5O2S/c1-29-20(17-6-3-2-4-7-17)21(28)24-22-27-26-19(30-22)14-15-9-11-16(12-10-15)18-8-5-13-23-25-18/h2-8,13,15-16,20H,9-12,14H2,1H3,(H,24,27,28)/t15?,16?,20-/m1/s1. The first-order valence-corrected chi connectivity index (χ1v) is 11.0. The summed E-state index contributed by atoms with van der Waals surface area (Å²) in [5.41, 5.74) is 1.91. The van der Waals surface area contributed by atoms with Crippen molar-refractivity contribution in [2.45, 2.75) is 44.1 Å². The third kappa shape index (κ3) is 5.06. The fraction of sp³-hybridized carbons (Fsp3) is 0.409. The molecule has 2 aromatic heterocycles. The van der Waals surface area contributed by atoms with Crippen LogP contribution >= 0.6 is 11.3 Å². The summed E-state index contributed by atoms with van der Waals surface area (Å²) in [6, 6.07) is 13.4. The van der Waals surface area contributed by atoms with Crippen LogP contribution in [0.25, 0.3) is 0 Å². The number of carbonyl (C=O) groups is 1. The molecule has 30 heavy (non-hydrogen) atoms. The normalized spacial score (nSPS) is 19.9. The van der Waals surface area contributed by atoms with Crippen molar-refractivity contribution >= 4 is 22.4 Å². The zero-order valence-electron chi connectivity index (χ0n) is 16.9. The number of methoxy groups -OCH3 is 1. The SMILES string of the molecule is CO[C@@H](C(=O)Nc1nnc(CC2CCC(c3cccnn3)CC2)s1)c1ccccc1. The second kappa shape index (κ2) is 9.86. The number of rotatable bonds is 7. The molecule has 1 aliphatic rings. The van der Waals surface area contributed by atoms with Gasteiger partial charge in [-0.05, 0) is 49.3 Å². The Balaban J connectivity index is 1.30. The number of hydrogen-bond donors (Lipinski definition) is 1. The molecule has 156 valence electrons. The van der Waals surface area contributed by atoms with E-state index in [0.29, 0.717) is 17.0 Å². The number of anilines is 1. The van der Waals surface area contributed by atoms with E-state index in [1.807, 2.05) is 36.4 Å². The monoisotopic (exact) mass is 423 g/mol. The molecule has 0 unspecified atom stereocenters. The Morgan fingerprint density at radius 3 is 2.60 bits per heavy atom. The van der Waals surface area contributed by atoms with Crippen LogP contribution in [-0.4, -0.2) is 33.4 Å². The molecule has 0 bridgehead atoms. The molecule has 1 aliphatic carbocycles. The average Bonchev–Trinajstić information content (AvgIpc) is 3.23. The maximum atomic E-state index is 12.6. The summed E-state index contributed by atoms with van der Waals surface area (Å²) in [4.78, 5) is 12.6. The first kappa shape index (κ1) is 20.6. The predicted octanol–water partition coefficient (Wildman–Crippen LogP) is 4.17. The molecule has 1 atom stereocenters. The molecular weight excluding hydrogens is 398 g/mol. The summed E-state index contributed by atoms with van der Waals surface area (Å²) in [6.45, 7) is 0. The van der Waals surface area contributed by atoms with Crippen molar-refractivity contribution in [2.75, 3.05) is 12.4 Å². The lowest BCUT2D eigenvalue weighted by atomic mass is 9.79. The molecule has 1 amide bonds. The van der Waals surface area contributed by atoms with Gasteiger partial charge in [-0.25, -0.2) is 0 Å². The van der Waals surface area contributed by atoms with E-state index >= 15 is 0 Å². The first-order valence-electron chi connectivity index (χ1n) is 10.2. The lowest BCUT2D eigenvalue weighted by molar-refractivity contribution is -0.126. The number of nitrogens with zero attached hydrogens (tertiary/aromatic N) is 4. The topological polar surface area (TPSA) is 89.9 Å². The highest BCUT2D eigenvalue weighted by molar-refractivity contribution is 7.15. The van der Waals surface area contributed by atoms with E-state index in [9.17, 15) is 4.79 Å². The fourth-order valence-electron chi connectivity index (χ4n) is 4.02. The van der Waals surface area contributed by atoms with E-state index in [4.69, 9.17) is 4.74 Å². The number of hydrogen-bond acceptors (Lipinski definition) is 7. The van der Waals surface area contributed by atoms with E-state index in [-0.39, 0.29) is 5.91 Å². The molecular formula is C22H25N5O2S. The highest BCUT2D eigenvalue weighted by atomic mass is 32.1. The Kier molecular flexibility index (Phi) is 6.76. The zero-order valence-corrected chi connectivity index (χ0v) is 17.7. The predicted molar refractivity (Wildman–Crippen MR) is 115 cm³/mol. The zero-order chi connectivity index (χ0) is 20.8. The lowest BCUT2D eigenvalue weighted by Crippen LogP contribution is -2.22. The molecule has 7 nitrogen and oxygen atoms in total. The van der Waals surface area contributed by atoms with Gasteiger partial charge >= 0.3 is 0 Å². The summed E-state index contributed by atoms with van der Waals surface area (Å²) >= 11 is 1.44. The molecule has 1 aromatic carbocycles. The average molecular weight is 424 g/mol. The fourth-order valence-corrected chi connectivity index (χ4v) is 4.88. The second-order valence-corrected chi connectivity index (χ2v) is 8.65. The Labute approximate surface area is 179 Å². The second-order valence-electron chi connectivity index (χ2n) is 7.59. The van der Waals surface area contributed by atoms with Crippen LogP contribution in [-0.2, 0) is 16.0 Å². The third-order valence-electron chi connectivity index (χ3n) is 5.59. The Morgan fingerprint density at radius 1 is 1.10 bits per heavy atom. The molecule has 2 heterocycles. The van der Waals surface area contributed by atoms with Crippen LogP contribution in [0.4, 0.5) is 5.13 Å². The summed E-state index contributed by atoms with van der Waals surface area (Å²) in [5.74, 6) is 0.851. The minimum atomic E-state index is -0.671. The van der Waals surface area contributed by atoms with Crippen LogP contribution in [0.1, 0.15) is 54.0 Å². The molecule has 0 radical (unpaired) electrons. The van der Waals surface area contributed by atoms with Gasteiger partial charge < -0.3 is 4.74 Å². The maximum Gasteiger partial charge on any atom is 0.259 e. The quantitative estimate of drug-likeness (QED) is 0.613. The summed E-state index contributed by atoms with van der Waals surface area (Å²) in [7, 11) is 1.53. The Bertz CT molecular complexity index is 942. The van der Waals surface area contributed by atoms with E-state index < -0.39 is 6.10 Å². The number of nitrogens with one attached hydrogen (secondary N) is 1. The number of amides is 1. The van der Waals surface area contributed by atoms with Crippen LogP contribution in [0, 0.1) is 5.92 Å². The van der Waals surface area contributed by atoms with Gasteiger partial charge in [-0.3, -0.25) is 10.1 Å². The van der Waals surface area contributed by atoms with Crippen LogP contribution in [0.15, 0.2) is 48.7 Å². The van der Waals surface area contributed by atoms with E-state index in [0.717, 1.165) is 48.4 Å². The molecule has 0 saturated heterocycles. The van der Waals surface area contributed by atoms with Crippen molar-refractivity contribution in [3.05, 3.63) is 64.9 Å². The van der Waals surface area contributed by atoms with Crippen molar-refractivity contribution in [1.82, 2.24) is 20.4 Å². The van der Waals surface area contributed by atoms with Gasteiger partial charge in [-0.15, -0.1) is 10.2 Å². The Hall–Kier alpha value is -2.71. The highest BCUT2D eigenvalue weighted by Gasteiger charge is 2.25. The van der Waals surface area contributed by atoms with Gasteiger partial charge in [0.05, 0.1) is 5.69 Å². The number of benzene rings is 1. The van der Waals surface area contributed by atoms with Crippen molar-refractivity contribution in [2.24, 2.45) is 5.92 Å². The largest absolute Gasteiger partial charge is 0.367 e. The minimum Gasteiger partial charge on any atom is -0.367 e. The van der Waals surface area contributed by atoms with E-state index in [2.05, 4.69) is 31.8 Å². The highest BCUT2D eigenvalue weighted by Crippen LogP contribution is 2.36. The van der Waals surface area contributed by atoms with Gasteiger partial charge in [0.25, 0.3) is 5.91 Å². The maximum absolute atomic E-state index is 12.6. The van der Waals surface area contributed by atoms with Crippen molar-refractivity contribution < 1.29 is 9.53 Å². The van der Waals surface area contributed by atoms with Crippen LogP contribution < -0.4 is 5.32 Å².